The average Bonchev–Trinajstić information content (AvgIpc) is 2.29. The molecule has 2 N–H and O–H groups in total. The summed E-state index contributed by atoms with van der Waals surface area (Å²) in [6, 6.07) is 7.86. The van der Waals surface area contributed by atoms with Crippen molar-refractivity contribution >= 4 is 11.8 Å². The molecule has 0 unspecified atom stereocenters. The number of carbonyl (C=O) groups is 2. The van der Waals surface area contributed by atoms with Crippen molar-refractivity contribution in [1.82, 2.24) is 0 Å². The fraction of sp³-hybridized carbons (Fsp3) is 0.273. The Kier molecular flexibility index (Phi) is 3.76. The van der Waals surface area contributed by atoms with Crippen LogP contribution >= 0.6 is 0 Å². The third-order valence-corrected chi connectivity index (χ3v) is 1.95. The number of Topliss-reactive ketones (excluding diaryl/α,β-unsaturated/α-hetero) is 1. The number of ether oxygens (including phenoxy) is 1. The van der Waals surface area contributed by atoms with E-state index >= 15 is 0 Å². The molecule has 1 aromatic carbocycles. The molecule has 1 aromatic rings. The lowest BCUT2D eigenvalue weighted by Gasteiger charge is -2.17. The predicted molar refractivity (Wildman–Crippen MR) is 54.5 cm³/mol. The van der Waals surface area contributed by atoms with Gasteiger partial charge in [-0.25, -0.2) is 4.79 Å². The van der Waals surface area contributed by atoms with E-state index in [0.717, 1.165) is 0 Å². The van der Waals surface area contributed by atoms with E-state index in [-0.39, 0.29) is 12.2 Å². The SMILES string of the molecule is CCC(=O)C(O)(O)C(=O)Oc1ccccc1. The minimum absolute atomic E-state index is 0.142. The fourth-order valence-electron chi connectivity index (χ4n) is 1.03. The summed E-state index contributed by atoms with van der Waals surface area (Å²) in [5.41, 5.74) is 0. The van der Waals surface area contributed by atoms with Gasteiger partial charge < -0.3 is 14.9 Å². The molecule has 16 heavy (non-hydrogen) atoms. The molecule has 0 aliphatic carbocycles. The minimum Gasteiger partial charge on any atom is -0.422 e. The smallest absolute Gasteiger partial charge is 0.380 e. The molecular weight excluding hydrogens is 212 g/mol. The maximum atomic E-state index is 11.3. The van der Waals surface area contributed by atoms with Gasteiger partial charge >= 0.3 is 11.8 Å². The number of ketones is 1. The van der Waals surface area contributed by atoms with Crippen molar-refractivity contribution in [3.8, 4) is 5.75 Å². The number of para-hydroxylation sites is 1. The Bertz CT molecular complexity index is 383. The Balaban J connectivity index is 2.76. The molecular formula is C11H12O5. The van der Waals surface area contributed by atoms with Gasteiger partial charge in [-0.1, -0.05) is 25.1 Å². The highest BCUT2D eigenvalue weighted by Crippen LogP contribution is 2.13. The molecule has 1 rings (SSSR count). The quantitative estimate of drug-likeness (QED) is 0.331. The van der Waals surface area contributed by atoms with E-state index < -0.39 is 17.5 Å². The molecule has 0 aromatic heterocycles. The van der Waals surface area contributed by atoms with Gasteiger partial charge in [-0.05, 0) is 12.1 Å². The highest BCUT2D eigenvalue weighted by Gasteiger charge is 2.42. The minimum atomic E-state index is -3.08. The van der Waals surface area contributed by atoms with Crippen LogP contribution in [-0.4, -0.2) is 27.8 Å². The Morgan fingerprint density at radius 1 is 1.25 bits per heavy atom. The Morgan fingerprint density at radius 2 is 1.81 bits per heavy atom. The molecule has 5 heteroatoms. The maximum Gasteiger partial charge on any atom is 0.380 e. The van der Waals surface area contributed by atoms with Gasteiger partial charge in [0.15, 0.2) is 0 Å². The zero-order chi connectivity index (χ0) is 12.2. The summed E-state index contributed by atoms with van der Waals surface area (Å²) in [5, 5.41) is 18.5. The number of aliphatic hydroxyl groups is 2. The van der Waals surface area contributed by atoms with E-state index in [0.29, 0.717) is 0 Å². The molecule has 0 spiro atoms. The van der Waals surface area contributed by atoms with Crippen molar-refractivity contribution in [2.45, 2.75) is 19.1 Å². The van der Waals surface area contributed by atoms with Gasteiger partial charge in [0.1, 0.15) is 5.75 Å². The Morgan fingerprint density at radius 3 is 2.31 bits per heavy atom. The first-order valence-electron chi connectivity index (χ1n) is 4.74. The lowest BCUT2D eigenvalue weighted by Crippen LogP contribution is -2.48. The molecule has 0 saturated carbocycles. The summed E-state index contributed by atoms with van der Waals surface area (Å²) in [6.45, 7) is 1.42. The number of esters is 1. The second kappa shape index (κ2) is 4.87. The molecule has 0 fully saturated rings. The van der Waals surface area contributed by atoms with E-state index in [9.17, 15) is 19.8 Å². The number of rotatable bonds is 4. The van der Waals surface area contributed by atoms with E-state index in [4.69, 9.17) is 0 Å². The molecule has 0 aliphatic heterocycles. The molecule has 86 valence electrons. The van der Waals surface area contributed by atoms with Gasteiger partial charge in [-0.2, -0.15) is 0 Å². The summed E-state index contributed by atoms with van der Waals surface area (Å²) < 4.78 is 4.64. The fourth-order valence-corrected chi connectivity index (χ4v) is 1.03. The number of benzene rings is 1. The molecule has 0 bridgehead atoms. The van der Waals surface area contributed by atoms with Crippen LogP contribution in [0.2, 0.25) is 0 Å². The van der Waals surface area contributed by atoms with Gasteiger partial charge in [0.25, 0.3) is 0 Å². The number of hydrogen-bond acceptors (Lipinski definition) is 5. The second-order valence-corrected chi connectivity index (χ2v) is 3.15. The average molecular weight is 224 g/mol. The third-order valence-electron chi connectivity index (χ3n) is 1.95. The van der Waals surface area contributed by atoms with Crippen LogP contribution in [0.5, 0.6) is 5.75 Å². The molecule has 0 amide bonds. The van der Waals surface area contributed by atoms with Crippen molar-refractivity contribution < 1.29 is 24.5 Å². The van der Waals surface area contributed by atoms with E-state index in [1.807, 2.05) is 0 Å². The molecule has 5 nitrogen and oxygen atoms in total. The van der Waals surface area contributed by atoms with E-state index in [1.54, 1.807) is 18.2 Å². The highest BCUT2D eigenvalue weighted by molar-refractivity contribution is 6.05. The van der Waals surface area contributed by atoms with Gasteiger partial charge in [0.05, 0.1) is 0 Å². The lowest BCUT2D eigenvalue weighted by molar-refractivity contribution is -0.201. The number of hydrogen-bond donors (Lipinski definition) is 2. The van der Waals surface area contributed by atoms with Crippen LogP contribution in [0.1, 0.15) is 13.3 Å². The first-order chi connectivity index (χ1) is 7.48. The zero-order valence-corrected chi connectivity index (χ0v) is 8.71. The van der Waals surface area contributed by atoms with Gasteiger partial charge in [0, 0.05) is 6.42 Å². The van der Waals surface area contributed by atoms with Crippen molar-refractivity contribution in [1.29, 1.82) is 0 Å². The van der Waals surface area contributed by atoms with Crippen molar-refractivity contribution in [3.05, 3.63) is 30.3 Å². The van der Waals surface area contributed by atoms with Crippen molar-refractivity contribution in [3.63, 3.8) is 0 Å². The number of carbonyl (C=O) groups excluding carboxylic acids is 2. The van der Waals surface area contributed by atoms with Crippen LogP contribution in [-0.2, 0) is 9.59 Å². The summed E-state index contributed by atoms with van der Waals surface area (Å²) >= 11 is 0. The Labute approximate surface area is 92.3 Å². The molecule has 0 atom stereocenters. The summed E-state index contributed by atoms with van der Waals surface area (Å²) in [4.78, 5) is 22.4. The standard InChI is InChI=1S/C11H12O5/c1-2-9(12)11(14,15)10(13)16-8-6-4-3-5-7-8/h3-7,14-15H,2H2,1H3. The topological polar surface area (TPSA) is 83.8 Å². The Hall–Kier alpha value is -1.72. The summed E-state index contributed by atoms with van der Waals surface area (Å²) in [6.07, 6.45) is -0.170. The third kappa shape index (κ3) is 2.65. The summed E-state index contributed by atoms with van der Waals surface area (Å²) in [5.74, 6) is -5.34. The maximum absolute atomic E-state index is 11.3. The van der Waals surface area contributed by atoms with Crippen LogP contribution in [0.4, 0.5) is 0 Å². The van der Waals surface area contributed by atoms with Gasteiger partial charge in [-0.3, -0.25) is 4.79 Å². The van der Waals surface area contributed by atoms with Gasteiger partial charge in [0.2, 0.25) is 5.78 Å². The molecule has 0 radical (unpaired) electrons. The zero-order valence-electron chi connectivity index (χ0n) is 8.71. The molecule has 0 heterocycles. The van der Waals surface area contributed by atoms with Crippen LogP contribution in [0, 0.1) is 0 Å². The van der Waals surface area contributed by atoms with E-state index in [2.05, 4.69) is 4.74 Å². The molecule has 0 saturated heterocycles. The lowest BCUT2D eigenvalue weighted by atomic mass is 10.1. The van der Waals surface area contributed by atoms with Crippen LogP contribution in [0.15, 0.2) is 30.3 Å². The largest absolute Gasteiger partial charge is 0.422 e. The van der Waals surface area contributed by atoms with Gasteiger partial charge in [-0.15, -0.1) is 0 Å². The normalized spacial score (nSPS) is 10.9. The second-order valence-electron chi connectivity index (χ2n) is 3.15. The first-order valence-corrected chi connectivity index (χ1v) is 4.74. The van der Waals surface area contributed by atoms with Crippen LogP contribution < -0.4 is 4.74 Å². The first kappa shape index (κ1) is 12.4. The van der Waals surface area contributed by atoms with Crippen molar-refractivity contribution in [2.75, 3.05) is 0 Å². The highest BCUT2D eigenvalue weighted by atomic mass is 16.6. The van der Waals surface area contributed by atoms with Crippen LogP contribution in [0.3, 0.4) is 0 Å². The van der Waals surface area contributed by atoms with E-state index in [1.165, 1.54) is 19.1 Å². The van der Waals surface area contributed by atoms with Crippen LogP contribution in [0.25, 0.3) is 0 Å². The van der Waals surface area contributed by atoms with Crippen molar-refractivity contribution in [2.24, 2.45) is 0 Å². The summed E-state index contributed by atoms with van der Waals surface area (Å²) in [7, 11) is 0. The monoisotopic (exact) mass is 224 g/mol. The molecule has 0 aliphatic rings. The predicted octanol–water partition coefficient (Wildman–Crippen LogP) is 0.252.